The molecule has 6 nitrogen and oxygen atoms in total. The Kier molecular flexibility index (Phi) is 4.16. The van der Waals surface area contributed by atoms with Gasteiger partial charge in [-0.2, -0.15) is 4.37 Å². The fraction of sp³-hybridized carbons (Fsp3) is 0.769. The molecule has 0 bridgehead atoms. The SMILES string of the molecule is NCCNC(=O)C1CCCN(c2nc(C3CC3)ns2)C1. The maximum atomic E-state index is 12.0. The number of piperidine rings is 1. The fourth-order valence-electron chi connectivity index (χ4n) is 2.57. The maximum absolute atomic E-state index is 12.0. The predicted octanol–water partition coefficient (Wildman–Crippen LogP) is 0.707. The van der Waals surface area contributed by atoms with E-state index in [4.69, 9.17) is 5.73 Å². The molecule has 1 aromatic heterocycles. The molecule has 1 saturated heterocycles. The first-order valence-electron chi connectivity index (χ1n) is 7.34. The lowest BCUT2D eigenvalue weighted by atomic mass is 9.97. The van der Waals surface area contributed by atoms with Gasteiger partial charge in [0.05, 0.1) is 5.92 Å². The quantitative estimate of drug-likeness (QED) is 0.835. The highest BCUT2D eigenvalue weighted by atomic mass is 32.1. The molecule has 1 amide bonds. The van der Waals surface area contributed by atoms with E-state index >= 15 is 0 Å². The first-order valence-corrected chi connectivity index (χ1v) is 8.11. The second-order valence-electron chi connectivity index (χ2n) is 5.57. The van der Waals surface area contributed by atoms with Gasteiger partial charge in [0.25, 0.3) is 0 Å². The molecule has 110 valence electrons. The van der Waals surface area contributed by atoms with E-state index in [0.717, 1.165) is 36.9 Å². The average molecular weight is 295 g/mol. The van der Waals surface area contributed by atoms with Crippen LogP contribution in [0.3, 0.4) is 0 Å². The van der Waals surface area contributed by atoms with Crippen LogP contribution in [-0.4, -0.2) is 41.4 Å². The zero-order valence-corrected chi connectivity index (χ0v) is 12.4. The van der Waals surface area contributed by atoms with Crippen LogP contribution in [0.15, 0.2) is 0 Å². The summed E-state index contributed by atoms with van der Waals surface area (Å²) in [5, 5.41) is 3.86. The molecular weight excluding hydrogens is 274 g/mol. The van der Waals surface area contributed by atoms with Crippen molar-refractivity contribution in [3.8, 4) is 0 Å². The fourth-order valence-corrected chi connectivity index (χ4v) is 3.35. The third-order valence-corrected chi connectivity index (χ3v) is 4.67. The first kappa shape index (κ1) is 13.8. The van der Waals surface area contributed by atoms with Gasteiger partial charge < -0.3 is 16.0 Å². The topological polar surface area (TPSA) is 84.1 Å². The van der Waals surface area contributed by atoms with Crippen LogP contribution in [-0.2, 0) is 4.79 Å². The Morgan fingerprint density at radius 2 is 2.30 bits per heavy atom. The lowest BCUT2D eigenvalue weighted by Crippen LogP contribution is -2.44. The number of nitrogens with two attached hydrogens (primary N) is 1. The van der Waals surface area contributed by atoms with Crippen molar-refractivity contribution >= 4 is 22.6 Å². The van der Waals surface area contributed by atoms with Gasteiger partial charge in [-0.25, -0.2) is 4.98 Å². The molecule has 2 heterocycles. The number of hydrogen-bond donors (Lipinski definition) is 2. The normalized spacial score (nSPS) is 22.9. The lowest BCUT2D eigenvalue weighted by Gasteiger charge is -2.31. The van der Waals surface area contributed by atoms with E-state index in [-0.39, 0.29) is 11.8 Å². The number of amides is 1. The Hall–Kier alpha value is -1.21. The molecule has 7 heteroatoms. The molecule has 1 unspecified atom stereocenters. The van der Waals surface area contributed by atoms with Crippen molar-refractivity contribution in [3.63, 3.8) is 0 Å². The summed E-state index contributed by atoms with van der Waals surface area (Å²) in [5.74, 6) is 1.75. The van der Waals surface area contributed by atoms with Gasteiger partial charge in [0.2, 0.25) is 11.0 Å². The molecular formula is C13H21N5OS. The van der Waals surface area contributed by atoms with Gasteiger partial charge in [-0.3, -0.25) is 4.79 Å². The van der Waals surface area contributed by atoms with Crippen molar-refractivity contribution in [3.05, 3.63) is 5.82 Å². The molecule has 0 spiro atoms. The molecule has 1 atom stereocenters. The average Bonchev–Trinajstić information content (AvgIpc) is 3.22. The van der Waals surface area contributed by atoms with E-state index < -0.39 is 0 Å². The highest BCUT2D eigenvalue weighted by molar-refractivity contribution is 7.09. The van der Waals surface area contributed by atoms with Gasteiger partial charge in [-0.05, 0) is 25.7 Å². The monoisotopic (exact) mass is 295 g/mol. The molecule has 2 fully saturated rings. The standard InChI is InChI=1S/C13H21N5OS/c14-5-6-15-12(19)10-2-1-7-18(8-10)13-16-11(17-20-13)9-3-4-9/h9-10H,1-8,14H2,(H,15,19). The summed E-state index contributed by atoms with van der Waals surface area (Å²) < 4.78 is 4.44. The van der Waals surface area contributed by atoms with Crippen LogP contribution >= 0.6 is 11.5 Å². The number of nitrogens with one attached hydrogen (secondary N) is 1. The van der Waals surface area contributed by atoms with E-state index in [2.05, 4.69) is 19.6 Å². The maximum Gasteiger partial charge on any atom is 0.224 e. The minimum atomic E-state index is 0.0450. The van der Waals surface area contributed by atoms with Crippen LogP contribution in [0.25, 0.3) is 0 Å². The minimum absolute atomic E-state index is 0.0450. The molecule has 0 radical (unpaired) electrons. The second kappa shape index (κ2) is 6.05. The third-order valence-electron chi connectivity index (χ3n) is 3.88. The zero-order chi connectivity index (χ0) is 13.9. The van der Waals surface area contributed by atoms with E-state index in [9.17, 15) is 4.79 Å². The van der Waals surface area contributed by atoms with Crippen molar-refractivity contribution in [2.24, 2.45) is 11.7 Å². The highest BCUT2D eigenvalue weighted by Crippen LogP contribution is 2.40. The highest BCUT2D eigenvalue weighted by Gasteiger charge is 2.31. The third kappa shape index (κ3) is 3.09. The Labute approximate surface area is 122 Å². The van der Waals surface area contributed by atoms with Crippen LogP contribution in [0.1, 0.15) is 37.4 Å². The molecule has 0 aromatic carbocycles. The van der Waals surface area contributed by atoms with Crippen molar-refractivity contribution in [1.82, 2.24) is 14.7 Å². The molecule has 20 heavy (non-hydrogen) atoms. The summed E-state index contributed by atoms with van der Waals surface area (Å²) in [6, 6.07) is 0. The summed E-state index contributed by atoms with van der Waals surface area (Å²) in [6.45, 7) is 2.76. The van der Waals surface area contributed by atoms with Crippen LogP contribution in [0.5, 0.6) is 0 Å². The van der Waals surface area contributed by atoms with Gasteiger partial charge >= 0.3 is 0 Å². The molecule has 1 aromatic rings. The van der Waals surface area contributed by atoms with E-state index in [1.165, 1.54) is 24.4 Å². The molecule has 1 aliphatic heterocycles. The number of anilines is 1. The van der Waals surface area contributed by atoms with Crippen molar-refractivity contribution in [2.75, 3.05) is 31.1 Å². The van der Waals surface area contributed by atoms with Crippen molar-refractivity contribution in [1.29, 1.82) is 0 Å². The predicted molar refractivity (Wildman–Crippen MR) is 78.9 cm³/mol. The smallest absolute Gasteiger partial charge is 0.224 e. The van der Waals surface area contributed by atoms with Gasteiger partial charge in [0, 0.05) is 43.6 Å². The first-order chi connectivity index (χ1) is 9.78. The summed E-state index contributed by atoms with van der Waals surface area (Å²) in [5.41, 5.74) is 5.42. The number of carbonyl (C=O) groups excluding carboxylic acids is 1. The van der Waals surface area contributed by atoms with Crippen molar-refractivity contribution in [2.45, 2.75) is 31.6 Å². The van der Waals surface area contributed by atoms with Gasteiger partial charge in [0.1, 0.15) is 5.82 Å². The molecule has 3 N–H and O–H groups in total. The number of rotatable bonds is 5. The number of carbonyl (C=O) groups is 1. The number of nitrogens with zero attached hydrogens (tertiary/aromatic N) is 3. The van der Waals surface area contributed by atoms with Gasteiger partial charge in [-0.15, -0.1) is 0 Å². The molecule has 1 saturated carbocycles. The Morgan fingerprint density at radius 3 is 3.05 bits per heavy atom. The van der Waals surface area contributed by atoms with E-state index in [1.54, 1.807) is 0 Å². The summed E-state index contributed by atoms with van der Waals surface area (Å²) in [6.07, 6.45) is 4.42. The Bertz CT molecular complexity index is 473. The molecule has 2 aliphatic rings. The van der Waals surface area contributed by atoms with Crippen LogP contribution in [0.2, 0.25) is 0 Å². The van der Waals surface area contributed by atoms with E-state index in [0.29, 0.717) is 19.0 Å². The van der Waals surface area contributed by atoms with Crippen LogP contribution < -0.4 is 16.0 Å². The number of hydrogen-bond acceptors (Lipinski definition) is 6. The summed E-state index contributed by atoms with van der Waals surface area (Å²) in [7, 11) is 0. The second-order valence-corrected chi connectivity index (χ2v) is 6.30. The van der Waals surface area contributed by atoms with Gasteiger partial charge in [-0.1, -0.05) is 0 Å². The summed E-state index contributed by atoms with van der Waals surface area (Å²) >= 11 is 1.47. The minimum Gasteiger partial charge on any atom is -0.355 e. The van der Waals surface area contributed by atoms with Crippen LogP contribution in [0.4, 0.5) is 5.13 Å². The Balaban J connectivity index is 1.60. The van der Waals surface area contributed by atoms with Crippen LogP contribution in [0, 0.1) is 5.92 Å². The zero-order valence-electron chi connectivity index (χ0n) is 11.5. The van der Waals surface area contributed by atoms with E-state index in [1.807, 2.05) is 0 Å². The summed E-state index contributed by atoms with van der Waals surface area (Å²) in [4.78, 5) is 18.9. The molecule has 1 aliphatic carbocycles. The number of aromatic nitrogens is 2. The lowest BCUT2D eigenvalue weighted by molar-refractivity contribution is -0.125. The van der Waals surface area contributed by atoms with Crippen molar-refractivity contribution < 1.29 is 4.79 Å². The molecule has 3 rings (SSSR count). The Morgan fingerprint density at radius 1 is 1.45 bits per heavy atom. The largest absolute Gasteiger partial charge is 0.355 e. The van der Waals surface area contributed by atoms with Gasteiger partial charge in [0.15, 0.2) is 0 Å².